The van der Waals surface area contributed by atoms with Gasteiger partial charge in [0.1, 0.15) is 6.17 Å². The van der Waals surface area contributed by atoms with Gasteiger partial charge in [0.15, 0.2) is 5.11 Å². The fourth-order valence-corrected chi connectivity index (χ4v) is 2.76. The normalized spacial score (nSPS) is 15.9. The zero-order chi connectivity index (χ0) is 19.3. The Balaban J connectivity index is 2.05. The number of benzene rings is 1. The van der Waals surface area contributed by atoms with Crippen molar-refractivity contribution in [2.75, 3.05) is 26.3 Å². The van der Waals surface area contributed by atoms with Gasteiger partial charge >= 0.3 is 0 Å². The van der Waals surface area contributed by atoms with Crippen LogP contribution in [0.2, 0.25) is 0 Å². The van der Waals surface area contributed by atoms with Crippen LogP contribution in [0.4, 0.5) is 5.69 Å². The third-order valence-corrected chi connectivity index (χ3v) is 4.54. The van der Waals surface area contributed by atoms with Crippen LogP contribution >= 0.6 is 47.0 Å². The van der Waals surface area contributed by atoms with Gasteiger partial charge in [0.2, 0.25) is 3.79 Å². The first-order valence-corrected chi connectivity index (χ1v) is 8.98. The van der Waals surface area contributed by atoms with E-state index in [0.717, 1.165) is 0 Å². The van der Waals surface area contributed by atoms with Crippen molar-refractivity contribution < 1.29 is 14.5 Å². The number of nitrogens with zero attached hydrogens (tertiary/aromatic N) is 2. The summed E-state index contributed by atoms with van der Waals surface area (Å²) in [6.07, 6.45) is -1.11. The molecule has 1 fully saturated rings. The number of nitro benzene ring substituents is 1. The number of morpholine rings is 1. The highest BCUT2D eigenvalue weighted by Gasteiger charge is 2.35. The summed E-state index contributed by atoms with van der Waals surface area (Å²) in [7, 11) is 0. The van der Waals surface area contributed by atoms with E-state index < -0.39 is 20.8 Å². The van der Waals surface area contributed by atoms with Gasteiger partial charge in [0.25, 0.3) is 11.6 Å². The monoisotopic (exact) mass is 440 g/mol. The van der Waals surface area contributed by atoms with Crippen molar-refractivity contribution in [2.24, 2.45) is 0 Å². The molecule has 0 bridgehead atoms. The van der Waals surface area contributed by atoms with Gasteiger partial charge in [-0.05, 0) is 24.4 Å². The minimum Gasteiger partial charge on any atom is -0.378 e. The van der Waals surface area contributed by atoms with Gasteiger partial charge in [-0.15, -0.1) is 0 Å². The van der Waals surface area contributed by atoms with E-state index in [1.165, 1.54) is 24.3 Å². The Morgan fingerprint density at radius 3 is 2.31 bits per heavy atom. The fourth-order valence-electron chi connectivity index (χ4n) is 2.13. The maximum Gasteiger partial charge on any atom is 0.269 e. The Labute approximate surface area is 169 Å². The second kappa shape index (κ2) is 9.01. The standard InChI is InChI=1S/C14H15Cl3N4O4S/c15-14(16,17)12(19-13(26)20-5-7-25-8-6-20)18-11(22)9-1-3-10(4-2-9)21(23)24/h1-4,12H,5-8H2,(H,18,22)(H,19,26)/t12-/m1/s1. The predicted molar refractivity (Wildman–Crippen MR) is 103 cm³/mol. The second-order valence-corrected chi connectivity index (χ2v) is 8.06. The first-order chi connectivity index (χ1) is 12.2. The maximum atomic E-state index is 12.4. The van der Waals surface area contributed by atoms with E-state index in [4.69, 9.17) is 51.8 Å². The molecular formula is C14H15Cl3N4O4S. The molecule has 2 rings (SSSR count). The highest BCUT2D eigenvalue weighted by Crippen LogP contribution is 2.29. The summed E-state index contributed by atoms with van der Waals surface area (Å²) in [4.78, 5) is 24.3. The van der Waals surface area contributed by atoms with E-state index in [2.05, 4.69) is 10.6 Å². The number of alkyl halides is 3. The van der Waals surface area contributed by atoms with Gasteiger partial charge in [0.05, 0.1) is 18.1 Å². The van der Waals surface area contributed by atoms with E-state index in [1.54, 1.807) is 0 Å². The van der Waals surface area contributed by atoms with Gasteiger partial charge in [-0.25, -0.2) is 0 Å². The van der Waals surface area contributed by atoms with Crippen LogP contribution in [0.15, 0.2) is 24.3 Å². The molecule has 1 heterocycles. The predicted octanol–water partition coefficient (Wildman–Crippen LogP) is 2.23. The molecule has 8 nitrogen and oxygen atoms in total. The van der Waals surface area contributed by atoms with Crippen molar-refractivity contribution in [1.82, 2.24) is 15.5 Å². The lowest BCUT2D eigenvalue weighted by Gasteiger charge is -2.34. The minimum absolute atomic E-state index is 0.133. The lowest BCUT2D eigenvalue weighted by atomic mass is 10.2. The van der Waals surface area contributed by atoms with Crippen molar-refractivity contribution in [1.29, 1.82) is 0 Å². The number of hydrogen-bond donors (Lipinski definition) is 2. The molecule has 1 aromatic rings. The number of hydrogen-bond acceptors (Lipinski definition) is 5. The number of halogens is 3. The summed E-state index contributed by atoms with van der Waals surface area (Å²) in [6, 6.07) is 5.04. The highest BCUT2D eigenvalue weighted by molar-refractivity contribution is 7.80. The van der Waals surface area contributed by atoms with Gasteiger partial charge in [-0.3, -0.25) is 14.9 Å². The molecule has 1 amide bonds. The Kier molecular flexibility index (Phi) is 7.24. The van der Waals surface area contributed by atoms with Crippen LogP contribution in [0.3, 0.4) is 0 Å². The Morgan fingerprint density at radius 2 is 1.81 bits per heavy atom. The smallest absolute Gasteiger partial charge is 0.269 e. The number of nitro groups is 1. The summed E-state index contributed by atoms with van der Waals surface area (Å²) in [6.45, 7) is 2.20. The molecule has 0 aromatic heterocycles. The van der Waals surface area contributed by atoms with Crippen molar-refractivity contribution in [3.63, 3.8) is 0 Å². The zero-order valence-electron chi connectivity index (χ0n) is 13.3. The van der Waals surface area contributed by atoms with Crippen LogP contribution in [0.5, 0.6) is 0 Å². The van der Waals surface area contributed by atoms with Crippen LogP contribution in [-0.4, -0.2) is 57.1 Å². The summed E-state index contributed by atoms with van der Waals surface area (Å²) in [5.74, 6) is -0.575. The van der Waals surface area contributed by atoms with Crippen LogP contribution < -0.4 is 10.6 Å². The molecule has 1 aliphatic rings. The van der Waals surface area contributed by atoms with Gasteiger partial charge in [0, 0.05) is 30.8 Å². The average Bonchev–Trinajstić information content (AvgIpc) is 2.61. The molecule has 2 N–H and O–H groups in total. The number of rotatable bonds is 4. The van der Waals surface area contributed by atoms with E-state index in [0.29, 0.717) is 31.4 Å². The highest BCUT2D eigenvalue weighted by atomic mass is 35.6. The van der Waals surface area contributed by atoms with Gasteiger partial charge in [-0.2, -0.15) is 0 Å². The zero-order valence-corrected chi connectivity index (χ0v) is 16.4. The average molecular weight is 442 g/mol. The molecule has 0 unspecified atom stereocenters. The van der Waals surface area contributed by atoms with E-state index >= 15 is 0 Å². The van der Waals surface area contributed by atoms with Gasteiger partial charge in [-0.1, -0.05) is 34.8 Å². The molecule has 0 spiro atoms. The SMILES string of the molecule is O=C(N[C@H](NC(=S)N1CCOCC1)C(Cl)(Cl)Cl)c1ccc([N+](=O)[O-])cc1. The lowest BCUT2D eigenvalue weighted by molar-refractivity contribution is -0.384. The molecule has 0 aliphatic carbocycles. The number of non-ortho nitro benzene ring substituents is 1. The molecule has 1 aliphatic heterocycles. The Morgan fingerprint density at radius 1 is 1.23 bits per heavy atom. The number of ether oxygens (including phenoxy) is 1. The molecule has 142 valence electrons. The molecule has 1 atom stereocenters. The summed E-state index contributed by atoms with van der Waals surface area (Å²) in [5.41, 5.74) is 0.0417. The van der Waals surface area contributed by atoms with Gasteiger partial charge < -0.3 is 20.3 Å². The lowest BCUT2D eigenvalue weighted by Crippen LogP contribution is -2.59. The molecule has 0 radical (unpaired) electrons. The number of carbonyl (C=O) groups is 1. The number of thiocarbonyl (C=S) groups is 1. The maximum absolute atomic E-state index is 12.4. The number of carbonyl (C=O) groups excluding carboxylic acids is 1. The van der Waals surface area contributed by atoms with E-state index in [-0.39, 0.29) is 11.3 Å². The molecule has 1 saturated heterocycles. The van der Waals surface area contributed by atoms with Crippen molar-refractivity contribution in [2.45, 2.75) is 9.96 Å². The largest absolute Gasteiger partial charge is 0.378 e. The molecule has 1 aromatic carbocycles. The number of nitrogens with one attached hydrogen (secondary N) is 2. The van der Waals surface area contributed by atoms with Crippen molar-refractivity contribution in [3.8, 4) is 0 Å². The first kappa shape index (κ1) is 20.9. The molecule has 0 saturated carbocycles. The third-order valence-electron chi connectivity index (χ3n) is 3.51. The van der Waals surface area contributed by atoms with Crippen LogP contribution in [0.1, 0.15) is 10.4 Å². The fraction of sp³-hybridized carbons (Fsp3) is 0.429. The Hall–Kier alpha value is -1.39. The van der Waals surface area contributed by atoms with E-state index in [1.807, 2.05) is 4.90 Å². The minimum atomic E-state index is -1.88. The topological polar surface area (TPSA) is 96.7 Å². The molecular weight excluding hydrogens is 427 g/mol. The van der Waals surface area contributed by atoms with Crippen molar-refractivity contribution in [3.05, 3.63) is 39.9 Å². The summed E-state index contributed by atoms with van der Waals surface area (Å²) >= 11 is 23.1. The second-order valence-electron chi connectivity index (χ2n) is 5.30. The molecule has 26 heavy (non-hydrogen) atoms. The summed E-state index contributed by atoms with van der Waals surface area (Å²) in [5, 5.41) is 16.3. The van der Waals surface area contributed by atoms with Crippen LogP contribution in [0.25, 0.3) is 0 Å². The van der Waals surface area contributed by atoms with E-state index in [9.17, 15) is 14.9 Å². The van der Waals surface area contributed by atoms with Crippen LogP contribution in [-0.2, 0) is 4.74 Å². The Bertz CT molecular complexity index is 678. The first-order valence-electron chi connectivity index (χ1n) is 7.43. The van der Waals surface area contributed by atoms with Crippen molar-refractivity contribution >= 4 is 63.7 Å². The number of amides is 1. The molecule has 12 heteroatoms. The van der Waals surface area contributed by atoms with Crippen LogP contribution in [0, 0.1) is 10.1 Å². The third kappa shape index (κ3) is 5.82. The summed E-state index contributed by atoms with van der Waals surface area (Å²) < 4.78 is 3.36. The quantitative estimate of drug-likeness (QED) is 0.243.